The highest BCUT2D eigenvalue weighted by molar-refractivity contribution is 5.70. The maximum absolute atomic E-state index is 11.4. The fourth-order valence-corrected chi connectivity index (χ4v) is 5.60. The Bertz CT molecular complexity index is 909. The van der Waals surface area contributed by atoms with Crippen molar-refractivity contribution in [1.29, 1.82) is 0 Å². The van der Waals surface area contributed by atoms with Gasteiger partial charge in [0.2, 0.25) is 0 Å². The van der Waals surface area contributed by atoms with Crippen LogP contribution >= 0.6 is 0 Å². The Balaban J connectivity index is 1.79. The molecular formula is C25H28O4. The monoisotopic (exact) mass is 392 g/mol. The van der Waals surface area contributed by atoms with Gasteiger partial charge in [-0.3, -0.25) is 9.59 Å². The molecule has 2 aliphatic rings. The summed E-state index contributed by atoms with van der Waals surface area (Å²) in [6.45, 7) is 6.85. The predicted octanol–water partition coefficient (Wildman–Crippen LogP) is 5.26. The number of hydrogen-bond acceptors (Lipinski definition) is 4. The number of hydrogen-bond donors (Lipinski definition) is 0. The molecule has 0 aliphatic heterocycles. The van der Waals surface area contributed by atoms with Crippen molar-refractivity contribution >= 4 is 11.9 Å². The Morgan fingerprint density at radius 3 is 1.72 bits per heavy atom. The van der Waals surface area contributed by atoms with E-state index in [1.807, 2.05) is 26.0 Å². The second-order valence-electron chi connectivity index (χ2n) is 8.70. The van der Waals surface area contributed by atoms with Gasteiger partial charge in [-0.1, -0.05) is 30.7 Å². The minimum Gasteiger partial charge on any atom is -0.426 e. The number of aryl methyl sites for hydroxylation is 2. The quantitative estimate of drug-likeness (QED) is 0.526. The predicted molar refractivity (Wildman–Crippen MR) is 111 cm³/mol. The molecule has 0 amide bonds. The van der Waals surface area contributed by atoms with Crippen molar-refractivity contribution in [2.45, 2.75) is 58.8 Å². The normalized spacial score (nSPS) is 21.8. The topological polar surface area (TPSA) is 52.6 Å². The van der Waals surface area contributed by atoms with Gasteiger partial charge in [0.05, 0.1) is 0 Å². The van der Waals surface area contributed by atoms with Crippen molar-refractivity contribution in [3.8, 4) is 11.5 Å². The molecular weight excluding hydrogens is 364 g/mol. The first-order valence-electron chi connectivity index (χ1n) is 10.4. The van der Waals surface area contributed by atoms with Crippen LogP contribution < -0.4 is 9.47 Å². The molecule has 2 atom stereocenters. The van der Waals surface area contributed by atoms with Gasteiger partial charge < -0.3 is 9.47 Å². The summed E-state index contributed by atoms with van der Waals surface area (Å²) >= 11 is 0. The number of rotatable bonds is 4. The van der Waals surface area contributed by atoms with E-state index in [1.54, 1.807) is 0 Å². The van der Waals surface area contributed by atoms with Crippen LogP contribution in [0.5, 0.6) is 11.5 Å². The smallest absolute Gasteiger partial charge is 0.308 e. The highest BCUT2D eigenvalue weighted by atomic mass is 16.5. The fraction of sp³-hybridized carbons (Fsp3) is 0.440. The summed E-state index contributed by atoms with van der Waals surface area (Å²) in [6.07, 6.45) is 4.94. The summed E-state index contributed by atoms with van der Waals surface area (Å²) in [5, 5.41) is 0. The molecule has 4 nitrogen and oxygen atoms in total. The SMILES string of the molecule is CC(=O)Oc1ccc(C2(c3ccc(OC(C)=O)c(C)c3)CC3CCC2C3)cc1C. The number of esters is 2. The van der Waals surface area contributed by atoms with E-state index in [9.17, 15) is 9.59 Å². The third-order valence-electron chi connectivity index (χ3n) is 6.74. The lowest BCUT2D eigenvalue weighted by atomic mass is 9.64. The van der Waals surface area contributed by atoms with Gasteiger partial charge in [-0.15, -0.1) is 0 Å². The molecule has 0 aromatic heterocycles. The van der Waals surface area contributed by atoms with Gasteiger partial charge in [-0.05, 0) is 79.3 Å². The first-order chi connectivity index (χ1) is 13.8. The highest BCUT2D eigenvalue weighted by Gasteiger charge is 2.52. The summed E-state index contributed by atoms with van der Waals surface area (Å²) < 4.78 is 10.7. The molecule has 2 aromatic rings. The van der Waals surface area contributed by atoms with Crippen LogP contribution in [0.25, 0.3) is 0 Å². The van der Waals surface area contributed by atoms with E-state index in [0.29, 0.717) is 17.4 Å². The van der Waals surface area contributed by atoms with Gasteiger partial charge in [0.15, 0.2) is 0 Å². The molecule has 0 N–H and O–H groups in total. The molecule has 4 heteroatoms. The molecule has 2 saturated carbocycles. The van der Waals surface area contributed by atoms with Crippen LogP contribution in [0.4, 0.5) is 0 Å². The number of carbonyl (C=O) groups excluding carboxylic acids is 2. The van der Waals surface area contributed by atoms with Crippen LogP contribution in [0.1, 0.15) is 61.8 Å². The van der Waals surface area contributed by atoms with Crippen molar-refractivity contribution in [3.63, 3.8) is 0 Å². The van der Waals surface area contributed by atoms with Gasteiger partial charge in [-0.25, -0.2) is 0 Å². The Kier molecular flexibility index (Phi) is 4.97. The second kappa shape index (κ2) is 7.33. The van der Waals surface area contributed by atoms with Crippen LogP contribution in [0, 0.1) is 25.7 Å². The second-order valence-corrected chi connectivity index (χ2v) is 8.70. The summed E-state index contributed by atoms with van der Waals surface area (Å²) in [4.78, 5) is 22.8. The standard InChI is InChI=1S/C25H28O4/c1-15-11-20(7-9-23(15)28-17(3)26)25(14-19-5-6-22(25)13-19)21-8-10-24(16(2)12-21)29-18(4)27/h7-12,19,22H,5-6,13-14H2,1-4H3. The molecule has 2 bridgehead atoms. The molecule has 4 rings (SSSR count). The average molecular weight is 392 g/mol. The zero-order chi connectivity index (χ0) is 20.8. The van der Waals surface area contributed by atoms with Crippen LogP contribution in [0.2, 0.25) is 0 Å². The van der Waals surface area contributed by atoms with Gasteiger partial charge in [0.25, 0.3) is 0 Å². The largest absolute Gasteiger partial charge is 0.426 e. The molecule has 0 heterocycles. The van der Waals surface area contributed by atoms with E-state index in [4.69, 9.17) is 9.47 Å². The van der Waals surface area contributed by atoms with Crippen LogP contribution in [-0.4, -0.2) is 11.9 Å². The maximum Gasteiger partial charge on any atom is 0.308 e. The number of ether oxygens (including phenoxy) is 2. The summed E-state index contributed by atoms with van der Waals surface area (Å²) in [5.41, 5.74) is 4.50. The molecule has 2 aliphatic carbocycles. The van der Waals surface area contributed by atoms with Crippen LogP contribution in [0.15, 0.2) is 36.4 Å². The van der Waals surface area contributed by atoms with E-state index >= 15 is 0 Å². The number of benzene rings is 2. The van der Waals surface area contributed by atoms with E-state index in [-0.39, 0.29) is 17.4 Å². The highest BCUT2D eigenvalue weighted by Crippen LogP contribution is 2.60. The lowest BCUT2D eigenvalue weighted by molar-refractivity contribution is -0.132. The minimum absolute atomic E-state index is 0.0397. The van der Waals surface area contributed by atoms with E-state index < -0.39 is 0 Å². The zero-order valence-corrected chi connectivity index (χ0v) is 17.6. The number of fused-ring (bicyclic) bond motifs is 2. The molecule has 2 fully saturated rings. The summed E-state index contributed by atoms with van der Waals surface area (Å²) in [5.74, 6) is 2.01. The van der Waals surface area contributed by atoms with Crippen molar-refractivity contribution in [2.24, 2.45) is 11.8 Å². The van der Waals surface area contributed by atoms with Crippen molar-refractivity contribution in [2.75, 3.05) is 0 Å². The van der Waals surface area contributed by atoms with Crippen molar-refractivity contribution in [3.05, 3.63) is 58.7 Å². The van der Waals surface area contributed by atoms with E-state index in [2.05, 4.69) is 24.3 Å². The van der Waals surface area contributed by atoms with Gasteiger partial charge in [-0.2, -0.15) is 0 Å². The molecule has 0 spiro atoms. The Labute approximate surface area is 172 Å². The first-order valence-corrected chi connectivity index (χ1v) is 10.4. The fourth-order valence-electron chi connectivity index (χ4n) is 5.60. The first kappa shape index (κ1) is 19.7. The lowest BCUT2D eigenvalue weighted by Gasteiger charge is -2.40. The molecule has 0 radical (unpaired) electrons. The molecule has 29 heavy (non-hydrogen) atoms. The van der Waals surface area contributed by atoms with Gasteiger partial charge in [0.1, 0.15) is 11.5 Å². The summed E-state index contributed by atoms with van der Waals surface area (Å²) in [7, 11) is 0. The number of carbonyl (C=O) groups is 2. The molecule has 2 unspecified atom stereocenters. The van der Waals surface area contributed by atoms with E-state index in [1.165, 1.54) is 44.2 Å². The summed E-state index contributed by atoms with van der Waals surface area (Å²) in [6, 6.07) is 12.5. The van der Waals surface area contributed by atoms with Crippen molar-refractivity contribution in [1.82, 2.24) is 0 Å². The lowest BCUT2D eigenvalue weighted by Crippen LogP contribution is -2.34. The average Bonchev–Trinajstić information content (AvgIpc) is 3.26. The Morgan fingerprint density at radius 2 is 1.38 bits per heavy atom. The zero-order valence-electron chi connectivity index (χ0n) is 17.6. The third kappa shape index (κ3) is 3.45. The molecule has 152 valence electrons. The Hall–Kier alpha value is -2.62. The van der Waals surface area contributed by atoms with Gasteiger partial charge >= 0.3 is 11.9 Å². The maximum atomic E-state index is 11.4. The van der Waals surface area contributed by atoms with Crippen LogP contribution in [-0.2, 0) is 15.0 Å². The minimum atomic E-state index is -0.299. The van der Waals surface area contributed by atoms with Crippen LogP contribution in [0.3, 0.4) is 0 Å². The third-order valence-corrected chi connectivity index (χ3v) is 6.74. The van der Waals surface area contributed by atoms with Gasteiger partial charge in [0, 0.05) is 19.3 Å². The Morgan fingerprint density at radius 1 is 0.862 bits per heavy atom. The molecule has 2 aromatic carbocycles. The van der Waals surface area contributed by atoms with Crippen molar-refractivity contribution < 1.29 is 19.1 Å². The molecule has 0 saturated heterocycles. The van der Waals surface area contributed by atoms with E-state index in [0.717, 1.165) is 23.5 Å².